The van der Waals surface area contributed by atoms with Crippen molar-refractivity contribution in [2.75, 3.05) is 13.2 Å². The molecule has 0 saturated carbocycles. The quantitative estimate of drug-likeness (QED) is 0.417. The summed E-state index contributed by atoms with van der Waals surface area (Å²) in [6, 6.07) is 0. The summed E-state index contributed by atoms with van der Waals surface area (Å²) in [6.07, 6.45) is -20.3. The molecule has 166 valence electrons. The van der Waals surface area contributed by atoms with Crippen LogP contribution in [0.25, 0.3) is 0 Å². The minimum absolute atomic E-state index is 1.05. The minimum atomic E-state index is -5.91. The molecule has 1 N–H and O–H groups in total. The predicted octanol–water partition coefficient (Wildman–Crippen LogP) is 3.39. The van der Waals surface area contributed by atoms with E-state index in [2.05, 4.69) is 9.47 Å². The molecule has 0 aliphatic rings. The van der Waals surface area contributed by atoms with Crippen LogP contribution in [-0.2, 0) is 19.1 Å². The third kappa shape index (κ3) is 8.48. The summed E-state index contributed by atoms with van der Waals surface area (Å²) in [5.41, 5.74) is 0. The van der Waals surface area contributed by atoms with Gasteiger partial charge < -0.3 is 14.6 Å². The molecule has 0 aliphatic heterocycles. The first-order chi connectivity index (χ1) is 12.4. The maximum Gasteiger partial charge on any atom is 0.453 e. The van der Waals surface area contributed by atoms with E-state index in [1.165, 1.54) is 0 Å². The maximum absolute atomic E-state index is 12.6. The SMILES string of the molecule is O=C(CCC(F)(F)C(F)(F)F)OCC(CO)OC(=O)CCC(F)(F)C(F)(F)F. The summed E-state index contributed by atoms with van der Waals surface area (Å²) in [7, 11) is 0. The van der Waals surface area contributed by atoms with Crippen molar-refractivity contribution in [2.45, 2.75) is 56.0 Å². The Morgan fingerprint density at radius 2 is 1.14 bits per heavy atom. The molecule has 0 spiro atoms. The fraction of sp³-hybridized carbons (Fsp3) is 0.846. The molecular formula is C13H14F10O5. The number of rotatable bonds is 10. The summed E-state index contributed by atoms with van der Waals surface area (Å²) >= 11 is 0. The highest BCUT2D eigenvalue weighted by Crippen LogP contribution is 2.39. The van der Waals surface area contributed by atoms with Crippen LogP contribution in [0, 0.1) is 0 Å². The van der Waals surface area contributed by atoms with Crippen molar-refractivity contribution in [1.29, 1.82) is 0 Å². The number of aliphatic hydroxyl groups excluding tert-OH is 1. The molecule has 1 atom stereocenters. The second kappa shape index (κ2) is 9.60. The molecule has 0 radical (unpaired) electrons. The van der Waals surface area contributed by atoms with Gasteiger partial charge in [-0.15, -0.1) is 0 Å². The number of halogens is 10. The average molecular weight is 440 g/mol. The van der Waals surface area contributed by atoms with Gasteiger partial charge in [-0.2, -0.15) is 43.9 Å². The topological polar surface area (TPSA) is 72.8 Å². The Morgan fingerprint density at radius 3 is 1.50 bits per heavy atom. The summed E-state index contributed by atoms with van der Waals surface area (Å²) in [5, 5.41) is 8.85. The Morgan fingerprint density at radius 1 is 0.750 bits per heavy atom. The molecule has 0 amide bonds. The number of carbonyl (C=O) groups excluding carboxylic acids is 2. The Bertz CT molecular complexity index is 529. The number of hydrogen-bond donors (Lipinski definition) is 1. The van der Waals surface area contributed by atoms with E-state index in [0.29, 0.717) is 0 Å². The van der Waals surface area contributed by atoms with Gasteiger partial charge in [-0.25, -0.2) is 0 Å². The monoisotopic (exact) mass is 440 g/mol. The van der Waals surface area contributed by atoms with Crippen molar-refractivity contribution in [3.63, 3.8) is 0 Å². The van der Waals surface area contributed by atoms with Crippen LogP contribution in [0.2, 0.25) is 0 Å². The lowest BCUT2D eigenvalue weighted by molar-refractivity contribution is -0.284. The lowest BCUT2D eigenvalue weighted by Crippen LogP contribution is -2.37. The van der Waals surface area contributed by atoms with Crippen molar-refractivity contribution in [2.24, 2.45) is 0 Å². The van der Waals surface area contributed by atoms with Gasteiger partial charge >= 0.3 is 36.1 Å². The molecule has 0 fully saturated rings. The fourth-order valence-corrected chi connectivity index (χ4v) is 1.43. The van der Waals surface area contributed by atoms with Gasteiger partial charge in [0.2, 0.25) is 0 Å². The third-order valence-corrected chi connectivity index (χ3v) is 3.05. The Hall–Kier alpha value is -1.80. The first kappa shape index (κ1) is 26.2. The van der Waals surface area contributed by atoms with Crippen LogP contribution in [0.3, 0.4) is 0 Å². The summed E-state index contributed by atoms with van der Waals surface area (Å²) in [5.74, 6) is -13.6. The van der Waals surface area contributed by atoms with Crippen LogP contribution in [0.1, 0.15) is 25.7 Å². The molecule has 0 aliphatic carbocycles. The van der Waals surface area contributed by atoms with Gasteiger partial charge in [0.1, 0.15) is 6.61 Å². The van der Waals surface area contributed by atoms with Gasteiger partial charge in [0.15, 0.2) is 6.10 Å². The minimum Gasteiger partial charge on any atom is -0.462 e. The normalized spacial score (nSPS) is 14.5. The zero-order valence-corrected chi connectivity index (χ0v) is 13.7. The van der Waals surface area contributed by atoms with E-state index in [-0.39, 0.29) is 0 Å². The van der Waals surface area contributed by atoms with E-state index in [1.807, 2.05) is 0 Å². The van der Waals surface area contributed by atoms with Crippen molar-refractivity contribution in [3.05, 3.63) is 0 Å². The highest BCUT2D eigenvalue weighted by Gasteiger charge is 2.57. The van der Waals surface area contributed by atoms with Gasteiger partial charge in [-0.1, -0.05) is 0 Å². The molecule has 0 saturated heterocycles. The van der Waals surface area contributed by atoms with Gasteiger partial charge in [0.25, 0.3) is 0 Å². The molecule has 0 rings (SSSR count). The number of hydrogen-bond acceptors (Lipinski definition) is 5. The summed E-state index contributed by atoms with van der Waals surface area (Å²) in [6.45, 7) is -2.15. The van der Waals surface area contributed by atoms with E-state index >= 15 is 0 Å². The summed E-state index contributed by atoms with van der Waals surface area (Å²) < 4.78 is 130. The molecule has 0 aromatic rings. The van der Waals surface area contributed by atoms with Gasteiger partial charge in [-0.05, 0) is 0 Å². The van der Waals surface area contributed by atoms with Crippen LogP contribution >= 0.6 is 0 Å². The zero-order valence-electron chi connectivity index (χ0n) is 13.7. The number of alkyl halides is 10. The van der Waals surface area contributed by atoms with Crippen molar-refractivity contribution in [3.8, 4) is 0 Å². The van der Waals surface area contributed by atoms with Gasteiger partial charge in [-0.3, -0.25) is 9.59 Å². The Kier molecular flexibility index (Phi) is 8.99. The van der Waals surface area contributed by atoms with Crippen LogP contribution in [0.4, 0.5) is 43.9 Å². The molecular weight excluding hydrogens is 426 g/mol. The second-order valence-electron chi connectivity index (χ2n) is 5.38. The molecule has 28 heavy (non-hydrogen) atoms. The number of esters is 2. The van der Waals surface area contributed by atoms with Gasteiger partial charge in [0.05, 0.1) is 19.4 Å². The average Bonchev–Trinajstić information content (AvgIpc) is 2.52. The van der Waals surface area contributed by atoms with Crippen LogP contribution in [0.5, 0.6) is 0 Å². The van der Waals surface area contributed by atoms with E-state index in [4.69, 9.17) is 5.11 Å². The zero-order chi connectivity index (χ0) is 22.4. The first-order valence-electron chi connectivity index (χ1n) is 7.28. The number of ether oxygens (including phenoxy) is 2. The second-order valence-corrected chi connectivity index (χ2v) is 5.38. The molecule has 0 aromatic heterocycles. The highest BCUT2D eigenvalue weighted by molar-refractivity contribution is 5.70. The van der Waals surface area contributed by atoms with Crippen molar-refractivity contribution >= 4 is 11.9 Å². The molecule has 5 nitrogen and oxygen atoms in total. The molecule has 0 aromatic carbocycles. The Balaban J connectivity index is 4.41. The van der Waals surface area contributed by atoms with Crippen LogP contribution in [-0.4, -0.2) is 60.6 Å². The number of carbonyl (C=O) groups is 2. The predicted molar refractivity (Wildman–Crippen MR) is 68.4 cm³/mol. The largest absolute Gasteiger partial charge is 0.462 e. The lowest BCUT2D eigenvalue weighted by atomic mass is 10.2. The smallest absolute Gasteiger partial charge is 0.453 e. The van der Waals surface area contributed by atoms with Crippen LogP contribution in [0.15, 0.2) is 0 Å². The third-order valence-electron chi connectivity index (χ3n) is 3.05. The lowest BCUT2D eigenvalue weighted by Gasteiger charge is -2.20. The Labute approximate surface area is 150 Å². The highest BCUT2D eigenvalue weighted by atomic mass is 19.4. The number of aliphatic hydroxyl groups is 1. The van der Waals surface area contributed by atoms with Crippen molar-refractivity contribution < 1.29 is 68.1 Å². The maximum atomic E-state index is 12.6. The first-order valence-corrected chi connectivity index (χ1v) is 7.28. The van der Waals surface area contributed by atoms with E-state index < -0.39 is 81.1 Å². The standard InChI is InChI=1S/C13H14F10O5/c14-10(15,12(18,19)20)3-1-8(25)27-6-7(5-24)28-9(26)2-4-11(16,17)13(21,22)23/h7,24H,1-6H2. The molecule has 15 heteroatoms. The molecule has 0 bridgehead atoms. The molecule has 1 unspecified atom stereocenters. The van der Waals surface area contributed by atoms with E-state index in [0.717, 1.165) is 0 Å². The summed E-state index contributed by atoms with van der Waals surface area (Å²) in [4.78, 5) is 22.3. The fourth-order valence-electron chi connectivity index (χ4n) is 1.43. The van der Waals surface area contributed by atoms with Crippen molar-refractivity contribution in [1.82, 2.24) is 0 Å². The van der Waals surface area contributed by atoms with Crippen LogP contribution < -0.4 is 0 Å². The van der Waals surface area contributed by atoms with E-state index in [9.17, 15) is 53.5 Å². The molecule has 0 heterocycles. The van der Waals surface area contributed by atoms with E-state index in [1.54, 1.807) is 0 Å². The van der Waals surface area contributed by atoms with Gasteiger partial charge in [0, 0.05) is 12.8 Å².